The van der Waals surface area contributed by atoms with Crippen molar-refractivity contribution in [3.8, 4) is 0 Å². The van der Waals surface area contributed by atoms with Gasteiger partial charge in [0.05, 0.1) is 0 Å². The summed E-state index contributed by atoms with van der Waals surface area (Å²) in [7, 11) is -2.11. The number of sulfonamides is 1. The van der Waals surface area contributed by atoms with Gasteiger partial charge in [-0.3, -0.25) is 4.31 Å². The largest absolute Gasteiger partial charge is 0.339 e. The fourth-order valence-corrected chi connectivity index (χ4v) is 2.79. The molecule has 106 valence electrons. The van der Waals surface area contributed by atoms with Crippen LogP contribution >= 0.6 is 0 Å². The molecule has 7 nitrogen and oxygen atoms in total. The van der Waals surface area contributed by atoms with Crippen LogP contribution in [0, 0.1) is 0 Å². The summed E-state index contributed by atoms with van der Waals surface area (Å²) in [5.74, 6) is 1.10. The highest BCUT2D eigenvalue weighted by Crippen LogP contribution is 2.38. The lowest BCUT2D eigenvalue weighted by Gasteiger charge is -2.16. The van der Waals surface area contributed by atoms with Crippen molar-refractivity contribution in [3.05, 3.63) is 36.1 Å². The average Bonchev–Trinajstić information content (AvgIpc) is 3.20. The first kappa shape index (κ1) is 13.0. The fourth-order valence-electron chi connectivity index (χ4n) is 1.76. The maximum atomic E-state index is 12.3. The summed E-state index contributed by atoms with van der Waals surface area (Å²) in [6.45, 7) is 0. The van der Waals surface area contributed by atoms with E-state index in [4.69, 9.17) is 4.52 Å². The maximum Gasteiger partial charge on any atom is 0.243 e. The number of anilines is 1. The van der Waals surface area contributed by atoms with Crippen LogP contribution in [0.5, 0.6) is 0 Å². The molecule has 0 bridgehead atoms. The Labute approximate surface area is 116 Å². The van der Waals surface area contributed by atoms with Gasteiger partial charge in [0.2, 0.25) is 15.9 Å². The number of aromatic nitrogens is 3. The summed E-state index contributed by atoms with van der Waals surface area (Å²) in [6, 6.07) is 5.09. The molecule has 0 atom stereocenters. The van der Waals surface area contributed by atoms with Crippen molar-refractivity contribution in [3.63, 3.8) is 0 Å². The number of pyridine rings is 1. The highest BCUT2D eigenvalue weighted by atomic mass is 32.2. The summed E-state index contributed by atoms with van der Waals surface area (Å²) < 4.78 is 30.7. The molecule has 0 N–H and O–H groups in total. The molecule has 2 aromatic rings. The molecule has 1 aliphatic rings. The molecule has 20 heavy (non-hydrogen) atoms. The Kier molecular flexibility index (Phi) is 3.17. The van der Waals surface area contributed by atoms with Crippen LogP contribution in [0.4, 0.5) is 5.82 Å². The lowest BCUT2D eigenvalue weighted by atomic mass is 10.4. The van der Waals surface area contributed by atoms with Crippen molar-refractivity contribution in [1.82, 2.24) is 15.1 Å². The minimum absolute atomic E-state index is 0.190. The molecule has 1 aliphatic carbocycles. The minimum Gasteiger partial charge on any atom is -0.339 e. The molecule has 2 aromatic heterocycles. The quantitative estimate of drug-likeness (QED) is 0.826. The standard InChI is InChI=1S/C12H14N4O3S/c1-16(11-4-2-3-7-13-11)20(17,18)8-10-14-12(19-15-10)9-5-6-9/h2-4,7,9H,5-6,8H2,1H3. The molecule has 0 aliphatic heterocycles. The van der Waals surface area contributed by atoms with Gasteiger partial charge in [-0.05, 0) is 25.0 Å². The van der Waals surface area contributed by atoms with Crippen molar-refractivity contribution < 1.29 is 12.9 Å². The average molecular weight is 294 g/mol. The zero-order valence-electron chi connectivity index (χ0n) is 10.9. The summed E-state index contributed by atoms with van der Waals surface area (Å²) in [4.78, 5) is 8.14. The monoisotopic (exact) mass is 294 g/mol. The molecular weight excluding hydrogens is 280 g/mol. The molecule has 1 saturated carbocycles. The fraction of sp³-hybridized carbons (Fsp3) is 0.417. The Hall–Kier alpha value is -1.96. The molecule has 8 heteroatoms. The first-order valence-corrected chi connectivity index (χ1v) is 7.87. The van der Waals surface area contributed by atoms with Crippen LogP contribution in [-0.2, 0) is 15.8 Å². The molecular formula is C12H14N4O3S. The number of hydrogen-bond donors (Lipinski definition) is 0. The van der Waals surface area contributed by atoms with Gasteiger partial charge in [0, 0.05) is 19.2 Å². The smallest absolute Gasteiger partial charge is 0.243 e. The summed E-state index contributed by atoms with van der Waals surface area (Å²) in [5, 5.41) is 3.73. The van der Waals surface area contributed by atoms with Gasteiger partial charge in [0.25, 0.3) is 0 Å². The van der Waals surface area contributed by atoms with E-state index in [0.717, 1.165) is 17.1 Å². The summed E-state index contributed by atoms with van der Waals surface area (Å²) in [6.07, 6.45) is 3.60. The van der Waals surface area contributed by atoms with E-state index in [9.17, 15) is 8.42 Å². The normalized spacial score (nSPS) is 15.2. The highest BCUT2D eigenvalue weighted by molar-refractivity contribution is 7.92. The van der Waals surface area contributed by atoms with Crippen LogP contribution in [0.1, 0.15) is 30.5 Å². The Morgan fingerprint density at radius 1 is 1.40 bits per heavy atom. The second-order valence-electron chi connectivity index (χ2n) is 4.73. The zero-order valence-corrected chi connectivity index (χ0v) is 11.7. The second-order valence-corrected chi connectivity index (χ2v) is 6.73. The Balaban J connectivity index is 1.77. The molecule has 0 spiro atoms. The summed E-state index contributed by atoms with van der Waals surface area (Å²) in [5.41, 5.74) is 0. The molecule has 1 fully saturated rings. The van der Waals surface area contributed by atoms with Crippen molar-refractivity contribution in [1.29, 1.82) is 0 Å². The van der Waals surface area contributed by atoms with Gasteiger partial charge in [-0.2, -0.15) is 4.98 Å². The van der Waals surface area contributed by atoms with Crippen molar-refractivity contribution >= 4 is 15.8 Å². The van der Waals surface area contributed by atoms with Gasteiger partial charge in [0.1, 0.15) is 11.6 Å². The number of nitrogens with zero attached hydrogens (tertiary/aromatic N) is 4. The van der Waals surface area contributed by atoms with Gasteiger partial charge in [-0.1, -0.05) is 11.2 Å². The van der Waals surface area contributed by atoms with E-state index in [1.165, 1.54) is 7.05 Å². The molecule has 0 unspecified atom stereocenters. The Morgan fingerprint density at radius 3 is 2.85 bits per heavy atom. The lowest BCUT2D eigenvalue weighted by molar-refractivity contribution is 0.375. The molecule has 3 rings (SSSR count). The van der Waals surface area contributed by atoms with Crippen molar-refractivity contribution in [2.24, 2.45) is 0 Å². The van der Waals surface area contributed by atoms with E-state index in [-0.39, 0.29) is 11.6 Å². The lowest BCUT2D eigenvalue weighted by Crippen LogP contribution is -2.28. The Bertz CT molecular complexity index is 695. The van der Waals surface area contributed by atoms with E-state index in [1.807, 2.05) is 0 Å². The van der Waals surface area contributed by atoms with Gasteiger partial charge in [-0.25, -0.2) is 13.4 Å². The molecule has 0 radical (unpaired) electrons. The third kappa shape index (κ3) is 2.64. The third-order valence-electron chi connectivity index (χ3n) is 3.11. The van der Waals surface area contributed by atoms with Crippen molar-refractivity contribution in [2.45, 2.75) is 24.5 Å². The third-order valence-corrected chi connectivity index (χ3v) is 4.76. The van der Waals surface area contributed by atoms with E-state index in [2.05, 4.69) is 15.1 Å². The van der Waals surface area contributed by atoms with Crippen LogP contribution in [0.25, 0.3) is 0 Å². The number of rotatable bonds is 5. The molecule has 0 aromatic carbocycles. The van der Waals surface area contributed by atoms with Gasteiger partial charge in [0.15, 0.2) is 5.82 Å². The summed E-state index contributed by atoms with van der Waals surface area (Å²) >= 11 is 0. The molecule has 0 amide bonds. The van der Waals surface area contributed by atoms with Crippen LogP contribution in [0.3, 0.4) is 0 Å². The maximum absolute atomic E-state index is 12.3. The topological polar surface area (TPSA) is 89.2 Å². The molecule has 2 heterocycles. The predicted molar refractivity (Wildman–Crippen MR) is 71.5 cm³/mol. The van der Waals surface area contributed by atoms with E-state index < -0.39 is 10.0 Å². The van der Waals surface area contributed by atoms with Crippen LogP contribution in [-0.4, -0.2) is 30.6 Å². The van der Waals surface area contributed by atoms with Crippen LogP contribution in [0.2, 0.25) is 0 Å². The number of hydrogen-bond acceptors (Lipinski definition) is 6. The minimum atomic E-state index is -3.57. The van der Waals surface area contributed by atoms with E-state index in [0.29, 0.717) is 17.6 Å². The van der Waals surface area contributed by atoms with Crippen LogP contribution < -0.4 is 4.31 Å². The van der Waals surface area contributed by atoms with E-state index >= 15 is 0 Å². The van der Waals surface area contributed by atoms with Crippen LogP contribution in [0.15, 0.2) is 28.9 Å². The van der Waals surface area contributed by atoms with Gasteiger partial charge < -0.3 is 4.52 Å². The van der Waals surface area contributed by atoms with Gasteiger partial charge >= 0.3 is 0 Å². The highest BCUT2D eigenvalue weighted by Gasteiger charge is 2.31. The van der Waals surface area contributed by atoms with E-state index in [1.54, 1.807) is 24.4 Å². The SMILES string of the molecule is CN(c1ccccn1)S(=O)(=O)Cc1noc(C2CC2)n1. The Morgan fingerprint density at radius 2 is 2.20 bits per heavy atom. The predicted octanol–water partition coefficient (Wildman–Crippen LogP) is 1.31. The van der Waals surface area contributed by atoms with Crippen molar-refractivity contribution in [2.75, 3.05) is 11.4 Å². The molecule has 0 saturated heterocycles. The second kappa shape index (κ2) is 4.86. The first-order valence-electron chi connectivity index (χ1n) is 6.26. The van der Waals surface area contributed by atoms with Gasteiger partial charge in [-0.15, -0.1) is 0 Å². The zero-order chi connectivity index (χ0) is 14.2. The first-order chi connectivity index (χ1) is 9.56.